The third-order valence-corrected chi connectivity index (χ3v) is 6.60. The van der Waals surface area contributed by atoms with Gasteiger partial charge in [-0.15, -0.1) is 6.58 Å². The lowest BCUT2D eigenvalue weighted by Gasteiger charge is -2.39. The van der Waals surface area contributed by atoms with Gasteiger partial charge in [-0.25, -0.2) is 0 Å². The summed E-state index contributed by atoms with van der Waals surface area (Å²) in [6.45, 7) is 12.3. The van der Waals surface area contributed by atoms with Crippen LogP contribution < -0.4 is 0 Å². The molecule has 0 aromatic rings. The lowest BCUT2D eigenvalue weighted by Crippen LogP contribution is -2.45. The van der Waals surface area contributed by atoms with Gasteiger partial charge in [0.05, 0.1) is 24.5 Å². The van der Waals surface area contributed by atoms with Crippen molar-refractivity contribution in [1.82, 2.24) is 0 Å². The average molecular weight is 344 g/mol. The van der Waals surface area contributed by atoms with Gasteiger partial charge in [-0.3, -0.25) is 9.59 Å². The SMILES string of the molecule is C=CC12CC3(C)C(=O)C=C(C(C)C)C3(CC=C(C)C1CC(=O)OC)O2. The zero-order chi connectivity index (χ0) is 18.6. The topological polar surface area (TPSA) is 52.6 Å². The lowest BCUT2D eigenvalue weighted by molar-refractivity contribution is -0.146. The summed E-state index contributed by atoms with van der Waals surface area (Å²) in [6.07, 6.45) is 7.17. The van der Waals surface area contributed by atoms with Gasteiger partial charge in [0.15, 0.2) is 5.78 Å². The highest BCUT2D eigenvalue weighted by molar-refractivity contribution is 6.01. The van der Waals surface area contributed by atoms with Crippen LogP contribution in [-0.2, 0) is 19.1 Å². The van der Waals surface area contributed by atoms with Gasteiger partial charge < -0.3 is 9.47 Å². The molecule has 2 heterocycles. The maximum atomic E-state index is 13.0. The van der Waals surface area contributed by atoms with Crippen LogP contribution in [0.15, 0.2) is 36.0 Å². The summed E-state index contributed by atoms with van der Waals surface area (Å²) in [4.78, 5) is 25.0. The summed E-state index contributed by atoms with van der Waals surface area (Å²) in [6, 6.07) is 0. The van der Waals surface area contributed by atoms with Crippen molar-refractivity contribution < 1.29 is 19.1 Å². The Morgan fingerprint density at radius 2 is 2.20 bits per heavy atom. The monoisotopic (exact) mass is 344 g/mol. The average Bonchev–Trinajstić information content (AvgIpc) is 2.90. The van der Waals surface area contributed by atoms with Crippen LogP contribution in [0.4, 0.5) is 0 Å². The summed E-state index contributed by atoms with van der Waals surface area (Å²) in [5, 5.41) is 0. The summed E-state index contributed by atoms with van der Waals surface area (Å²) >= 11 is 0. The normalized spacial score (nSPS) is 39.6. The lowest BCUT2D eigenvalue weighted by atomic mass is 9.63. The van der Waals surface area contributed by atoms with E-state index < -0.39 is 16.6 Å². The van der Waals surface area contributed by atoms with Gasteiger partial charge in [0.25, 0.3) is 0 Å². The number of methoxy groups -OCH3 is 1. The van der Waals surface area contributed by atoms with E-state index >= 15 is 0 Å². The number of ketones is 1. The molecule has 4 heteroatoms. The third-order valence-electron chi connectivity index (χ3n) is 6.60. The van der Waals surface area contributed by atoms with Crippen LogP contribution in [-0.4, -0.2) is 30.1 Å². The van der Waals surface area contributed by atoms with Crippen LogP contribution in [0.25, 0.3) is 0 Å². The smallest absolute Gasteiger partial charge is 0.306 e. The highest BCUT2D eigenvalue weighted by Gasteiger charge is 2.70. The number of carbonyl (C=O) groups is 2. The first-order valence-electron chi connectivity index (χ1n) is 8.99. The molecule has 0 aromatic carbocycles. The Labute approximate surface area is 150 Å². The molecular formula is C21H28O4. The van der Waals surface area contributed by atoms with E-state index in [-0.39, 0.29) is 30.0 Å². The third kappa shape index (κ3) is 2.23. The zero-order valence-electron chi connectivity index (χ0n) is 15.8. The molecule has 0 amide bonds. The molecule has 1 spiro atoms. The van der Waals surface area contributed by atoms with E-state index in [4.69, 9.17) is 9.47 Å². The van der Waals surface area contributed by atoms with Crippen LogP contribution in [0.1, 0.15) is 47.0 Å². The van der Waals surface area contributed by atoms with Gasteiger partial charge >= 0.3 is 5.97 Å². The van der Waals surface area contributed by atoms with Crippen LogP contribution in [0.3, 0.4) is 0 Å². The predicted molar refractivity (Wildman–Crippen MR) is 95.9 cm³/mol. The minimum Gasteiger partial charge on any atom is -0.469 e. The summed E-state index contributed by atoms with van der Waals surface area (Å²) in [5.41, 5.74) is 0.174. The molecular weight excluding hydrogens is 316 g/mol. The fourth-order valence-electron chi connectivity index (χ4n) is 5.13. The number of fused-ring (bicyclic) bond motifs is 1. The molecule has 0 N–H and O–H groups in total. The van der Waals surface area contributed by atoms with Gasteiger partial charge in [0.2, 0.25) is 0 Å². The Bertz CT molecular complexity index is 701. The quantitative estimate of drug-likeness (QED) is 0.575. The van der Waals surface area contributed by atoms with E-state index in [1.807, 2.05) is 13.8 Å². The molecule has 4 unspecified atom stereocenters. The molecule has 2 aliphatic heterocycles. The van der Waals surface area contributed by atoms with Crippen LogP contribution >= 0.6 is 0 Å². The van der Waals surface area contributed by atoms with Crippen molar-refractivity contribution in [3.05, 3.63) is 36.0 Å². The van der Waals surface area contributed by atoms with Crippen LogP contribution in [0.5, 0.6) is 0 Å². The van der Waals surface area contributed by atoms with E-state index in [1.165, 1.54) is 7.11 Å². The number of carbonyl (C=O) groups excluding carboxylic acids is 2. The van der Waals surface area contributed by atoms with Crippen molar-refractivity contribution >= 4 is 11.8 Å². The fourth-order valence-corrected chi connectivity index (χ4v) is 5.13. The molecule has 2 bridgehead atoms. The molecule has 0 aromatic heterocycles. The van der Waals surface area contributed by atoms with Crippen molar-refractivity contribution in [2.75, 3.05) is 7.11 Å². The van der Waals surface area contributed by atoms with E-state index in [1.54, 1.807) is 12.2 Å². The summed E-state index contributed by atoms with van der Waals surface area (Å²) < 4.78 is 11.7. The van der Waals surface area contributed by atoms with Gasteiger partial charge in [-0.1, -0.05) is 31.6 Å². The minimum atomic E-state index is -0.732. The van der Waals surface area contributed by atoms with Crippen molar-refractivity contribution in [1.29, 1.82) is 0 Å². The molecule has 0 radical (unpaired) electrons. The predicted octanol–water partition coefficient (Wildman–Crippen LogP) is 3.77. The first-order chi connectivity index (χ1) is 11.7. The second-order valence-corrected chi connectivity index (χ2v) is 8.20. The highest BCUT2D eigenvalue weighted by Crippen LogP contribution is 2.65. The molecule has 3 rings (SSSR count). The second-order valence-electron chi connectivity index (χ2n) is 8.20. The minimum absolute atomic E-state index is 0.129. The molecule has 3 aliphatic rings. The molecule has 4 atom stereocenters. The Morgan fingerprint density at radius 3 is 2.76 bits per heavy atom. The number of esters is 1. The molecule has 4 nitrogen and oxygen atoms in total. The van der Waals surface area contributed by atoms with E-state index in [0.717, 1.165) is 11.1 Å². The fraction of sp³-hybridized carbons (Fsp3) is 0.619. The summed E-state index contributed by atoms with van der Waals surface area (Å²) in [5.74, 6) is -0.0888. The van der Waals surface area contributed by atoms with Gasteiger partial charge in [0.1, 0.15) is 5.60 Å². The maximum absolute atomic E-state index is 13.0. The Kier molecular flexibility index (Phi) is 4.11. The van der Waals surface area contributed by atoms with Crippen LogP contribution in [0.2, 0.25) is 0 Å². The maximum Gasteiger partial charge on any atom is 0.306 e. The Morgan fingerprint density at radius 1 is 1.52 bits per heavy atom. The van der Waals surface area contributed by atoms with Crippen molar-refractivity contribution in [3.8, 4) is 0 Å². The van der Waals surface area contributed by atoms with E-state index in [9.17, 15) is 9.59 Å². The number of hydrogen-bond acceptors (Lipinski definition) is 4. The van der Waals surface area contributed by atoms with Gasteiger partial charge in [-0.05, 0) is 44.3 Å². The van der Waals surface area contributed by atoms with E-state index in [0.29, 0.717) is 12.8 Å². The standard InChI is InChI=1S/C21H28O4/c1-7-20-12-19(5)17(22)10-15(13(2)3)21(19,25-20)9-8-14(4)16(20)11-18(23)24-6/h7-8,10,13,16H,1,9,11-12H2,2-6H3. The second kappa shape index (κ2) is 5.66. The number of ether oxygens (including phenoxy) is 2. The van der Waals surface area contributed by atoms with Crippen LogP contribution in [0, 0.1) is 17.3 Å². The first kappa shape index (κ1) is 18.1. The molecule has 1 fully saturated rings. The molecule has 1 saturated heterocycles. The van der Waals surface area contributed by atoms with Gasteiger partial charge in [-0.2, -0.15) is 0 Å². The van der Waals surface area contributed by atoms with Crippen molar-refractivity contribution in [2.45, 2.75) is 58.2 Å². The number of allylic oxidation sites excluding steroid dienone is 1. The molecule has 25 heavy (non-hydrogen) atoms. The molecule has 0 saturated carbocycles. The Hall–Kier alpha value is -1.68. The molecule has 136 valence electrons. The highest BCUT2D eigenvalue weighted by atomic mass is 16.5. The summed E-state index contributed by atoms with van der Waals surface area (Å²) in [7, 11) is 1.40. The van der Waals surface area contributed by atoms with E-state index in [2.05, 4.69) is 26.5 Å². The number of rotatable bonds is 4. The first-order valence-corrected chi connectivity index (χ1v) is 8.99. The Balaban J connectivity index is 2.16. The van der Waals surface area contributed by atoms with Crippen molar-refractivity contribution in [3.63, 3.8) is 0 Å². The zero-order valence-corrected chi connectivity index (χ0v) is 15.8. The largest absolute Gasteiger partial charge is 0.469 e. The number of hydrogen-bond donors (Lipinski definition) is 0. The van der Waals surface area contributed by atoms with Gasteiger partial charge in [0, 0.05) is 5.92 Å². The van der Waals surface area contributed by atoms with Crippen molar-refractivity contribution in [2.24, 2.45) is 17.3 Å². The molecule has 1 aliphatic carbocycles.